The summed E-state index contributed by atoms with van der Waals surface area (Å²) in [6.07, 6.45) is -0.499. The van der Waals surface area contributed by atoms with Gasteiger partial charge in [-0.3, -0.25) is 4.90 Å². The zero-order valence-electron chi connectivity index (χ0n) is 12.2. The van der Waals surface area contributed by atoms with E-state index in [4.69, 9.17) is 0 Å². The second-order valence-corrected chi connectivity index (χ2v) is 6.29. The molecule has 2 atom stereocenters. The normalized spacial score (nSPS) is 27.2. The minimum Gasteiger partial charge on any atom is -0.309 e. The lowest BCUT2D eigenvalue weighted by atomic mass is 10.1. The van der Waals surface area contributed by atoms with Crippen molar-refractivity contribution in [1.29, 1.82) is 0 Å². The van der Waals surface area contributed by atoms with Crippen LogP contribution in [-0.2, 0) is 12.7 Å². The van der Waals surface area contributed by atoms with E-state index in [1.165, 1.54) is 12.8 Å². The average molecular weight is 298 g/mol. The third-order valence-corrected chi connectivity index (χ3v) is 4.52. The Hall–Kier alpha value is -1.07. The number of halogens is 3. The smallest absolute Gasteiger partial charge is 0.309 e. The van der Waals surface area contributed by atoms with Gasteiger partial charge in [0.05, 0.1) is 5.56 Å². The van der Waals surface area contributed by atoms with Crippen LogP contribution in [0.5, 0.6) is 0 Å². The molecule has 3 rings (SSSR count). The third kappa shape index (κ3) is 3.58. The van der Waals surface area contributed by atoms with Crippen LogP contribution in [0.1, 0.15) is 37.3 Å². The van der Waals surface area contributed by atoms with Gasteiger partial charge in [-0.2, -0.15) is 13.2 Å². The monoisotopic (exact) mass is 298 g/mol. The molecule has 1 heterocycles. The lowest BCUT2D eigenvalue weighted by Crippen LogP contribution is -2.33. The van der Waals surface area contributed by atoms with Crippen LogP contribution < -0.4 is 5.32 Å². The maximum Gasteiger partial charge on any atom is 0.416 e. The number of benzene rings is 1. The number of alkyl halides is 3. The van der Waals surface area contributed by atoms with Crippen LogP contribution in [0.15, 0.2) is 24.3 Å². The van der Waals surface area contributed by atoms with Gasteiger partial charge in [-0.05, 0) is 43.9 Å². The van der Waals surface area contributed by atoms with Gasteiger partial charge in [0.25, 0.3) is 0 Å². The summed E-state index contributed by atoms with van der Waals surface area (Å²) in [6.45, 7) is 3.96. The quantitative estimate of drug-likeness (QED) is 0.916. The lowest BCUT2D eigenvalue weighted by Gasteiger charge is -2.19. The van der Waals surface area contributed by atoms with E-state index >= 15 is 0 Å². The van der Waals surface area contributed by atoms with Crippen molar-refractivity contribution in [2.24, 2.45) is 0 Å². The predicted molar refractivity (Wildman–Crippen MR) is 75.9 cm³/mol. The van der Waals surface area contributed by atoms with E-state index in [1.807, 2.05) is 0 Å². The number of hydrogen-bond donors (Lipinski definition) is 1. The number of nitrogens with zero attached hydrogens (tertiary/aromatic N) is 1. The summed E-state index contributed by atoms with van der Waals surface area (Å²) in [5.41, 5.74) is 0.321. The molecule has 0 radical (unpaired) electrons. The molecule has 0 spiro atoms. The summed E-state index contributed by atoms with van der Waals surface area (Å²) in [5, 5.41) is 3.48. The SMILES string of the molecule is CC1CC(NCc2ccc(C(F)(F)F)cc2)CN1C1CC1. The van der Waals surface area contributed by atoms with Gasteiger partial charge in [-0.1, -0.05) is 12.1 Å². The fourth-order valence-electron chi connectivity index (χ4n) is 3.19. The highest BCUT2D eigenvalue weighted by Crippen LogP contribution is 2.33. The molecule has 2 aliphatic rings. The van der Waals surface area contributed by atoms with Crippen molar-refractivity contribution < 1.29 is 13.2 Å². The molecule has 1 aromatic rings. The van der Waals surface area contributed by atoms with Crippen LogP contribution in [0.4, 0.5) is 13.2 Å². The molecule has 1 aliphatic heterocycles. The molecular weight excluding hydrogens is 277 g/mol. The summed E-state index contributed by atoms with van der Waals surface area (Å²) in [6, 6.07) is 7.28. The van der Waals surface area contributed by atoms with E-state index in [2.05, 4.69) is 17.1 Å². The zero-order valence-corrected chi connectivity index (χ0v) is 12.2. The molecule has 2 fully saturated rings. The summed E-state index contributed by atoms with van der Waals surface area (Å²) >= 11 is 0. The molecule has 116 valence electrons. The summed E-state index contributed by atoms with van der Waals surface area (Å²) in [5.74, 6) is 0. The largest absolute Gasteiger partial charge is 0.416 e. The van der Waals surface area contributed by atoms with Crippen molar-refractivity contribution in [3.63, 3.8) is 0 Å². The van der Waals surface area contributed by atoms with E-state index in [9.17, 15) is 13.2 Å². The van der Waals surface area contributed by atoms with Crippen molar-refractivity contribution in [2.45, 2.75) is 57.0 Å². The highest BCUT2D eigenvalue weighted by Gasteiger charge is 2.38. The molecule has 1 aromatic carbocycles. The van der Waals surface area contributed by atoms with Gasteiger partial charge in [0.15, 0.2) is 0 Å². The molecule has 1 saturated carbocycles. The molecule has 5 heteroatoms. The Morgan fingerprint density at radius 3 is 2.43 bits per heavy atom. The number of hydrogen-bond acceptors (Lipinski definition) is 2. The van der Waals surface area contributed by atoms with Crippen molar-refractivity contribution in [3.8, 4) is 0 Å². The van der Waals surface area contributed by atoms with E-state index in [0.717, 1.165) is 36.7 Å². The summed E-state index contributed by atoms with van der Waals surface area (Å²) in [7, 11) is 0. The number of nitrogens with one attached hydrogen (secondary N) is 1. The first kappa shape index (κ1) is 14.9. The molecule has 1 saturated heterocycles. The number of rotatable bonds is 4. The molecular formula is C16H21F3N2. The molecule has 0 amide bonds. The van der Waals surface area contributed by atoms with E-state index in [1.54, 1.807) is 12.1 Å². The van der Waals surface area contributed by atoms with Gasteiger partial charge in [0, 0.05) is 31.2 Å². The Bertz CT molecular complexity index is 479. The average Bonchev–Trinajstić information content (AvgIpc) is 3.20. The van der Waals surface area contributed by atoms with E-state index in [-0.39, 0.29) is 0 Å². The van der Waals surface area contributed by atoms with Gasteiger partial charge in [0.2, 0.25) is 0 Å². The Morgan fingerprint density at radius 2 is 1.86 bits per heavy atom. The van der Waals surface area contributed by atoms with Crippen LogP contribution >= 0.6 is 0 Å². The molecule has 2 unspecified atom stereocenters. The van der Waals surface area contributed by atoms with Gasteiger partial charge in [-0.15, -0.1) is 0 Å². The maximum absolute atomic E-state index is 12.5. The van der Waals surface area contributed by atoms with Crippen LogP contribution in [0.3, 0.4) is 0 Å². The highest BCUT2D eigenvalue weighted by molar-refractivity contribution is 5.24. The second-order valence-electron chi connectivity index (χ2n) is 6.29. The number of likely N-dealkylation sites (tertiary alicyclic amines) is 1. The standard InChI is InChI=1S/C16H21F3N2/c1-11-8-14(10-21(11)15-6-7-15)20-9-12-2-4-13(5-3-12)16(17,18)19/h2-5,11,14-15,20H,6-10H2,1H3. The van der Waals surface area contributed by atoms with E-state index < -0.39 is 11.7 Å². The molecule has 0 aromatic heterocycles. The van der Waals surface area contributed by atoms with Crippen molar-refractivity contribution >= 4 is 0 Å². The summed E-state index contributed by atoms with van der Waals surface area (Å²) in [4.78, 5) is 2.56. The Kier molecular flexibility index (Phi) is 3.97. The minimum atomic E-state index is -4.25. The first-order chi connectivity index (χ1) is 9.93. The highest BCUT2D eigenvalue weighted by atomic mass is 19.4. The first-order valence-electron chi connectivity index (χ1n) is 7.59. The molecule has 0 bridgehead atoms. The van der Waals surface area contributed by atoms with Gasteiger partial charge >= 0.3 is 6.18 Å². The molecule has 1 N–H and O–H groups in total. The fourth-order valence-corrected chi connectivity index (χ4v) is 3.19. The van der Waals surface area contributed by atoms with Crippen LogP contribution in [0.25, 0.3) is 0 Å². The minimum absolute atomic E-state index is 0.447. The Morgan fingerprint density at radius 1 is 1.19 bits per heavy atom. The van der Waals surface area contributed by atoms with Crippen LogP contribution in [0.2, 0.25) is 0 Å². The van der Waals surface area contributed by atoms with Gasteiger partial charge in [0.1, 0.15) is 0 Å². The van der Waals surface area contributed by atoms with E-state index in [0.29, 0.717) is 18.6 Å². The molecule has 2 nitrogen and oxygen atoms in total. The van der Waals surface area contributed by atoms with Crippen molar-refractivity contribution in [1.82, 2.24) is 10.2 Å². The van der Waals surface area contributed by atoms with Crippen molar-refractivity contribution in [2.75, 3.05) is 6.54 Å². The Balaban J connectivity index is 1.51. The fraction of sp³-hybridized carbons (Fsp3) is 0.625. The van der Waals surface area contributed by atoms with Crippen molar-refractivity contribution in [3.05, 3.63) is 35.4 Å². The third-order valence-electron chi connectivity index (χ3n) is 4.52. The zero-order chi connectivity index (χ0) is 15.0. The lowest BCUT2D eigenvalue weighted by molar-refractivity contribution is -0.137. The van der Waals surface area contributed by atoms with Crippen LogP contribution in [0, 0.1) is 0 Å². The second kappa shape index (κ2) is 5.61. The topological polar surface area (TPSA) is 15.3 Å². The Labute approximate surface area is 123 Å². The molecule has 1 aliphatic carbocycles. The first-order valence-corrected chi connectivity index (χ1v) is 7.59. The van der Waals surface area contributed by atoms with Crippen LogP contribution in [-0.4, -0.2) is 29.6 Å². The van der Waals surface area contributed by atoms with Gasteiger partial charge < -0.3 is 5.32 Å². The maximum atomic E-state index is 12.5. The van der Waals surface area contributed by atoms with Gasteiger partial charge in [-0.25, -0.2) is 0 Å². The molecule has 21 heavy (non-hydrogen) atoms. The summed E-state index contributed by atoms with van der Waals surface area (Å²) < 4.78 is 37.5. The predicted octanol–water partition coefficient (Wildman–Crippen LogP) is 3.42.